The van der Waals surface area contributed by atoms with Crippen molar-refractivity contribution in [2.24, 2.45) is 0 Å². The first-order valence-corrected chi connectivity index (χ1v) is 10.3. The molecule has 3 rings (SSSR count). The highest BCUT2D eigenvalue weighted by molar-refractivity contribution is 9.10. The second kappa shape index (κ2) is 6.78. The predicted molar refractivity (Wildman–Crippen MR) is 91.4 cm³/mol. The lowest BCUT2D eigenvalue weighted by Gasteiger charge is -2.19. The second-order valence-corrected chi connectivity index (χ2v) is 9.19. The Morgan fingerprint density at radius 3 is 2.64 bits per heavy atom. The normalized spacial score (nSPS) is 20.7. The van der Waals surface area contributed by atoms with E-state index < -0.39 is 10.0 Å². The number of benzene rings is 1. The van der Waals surface area contributed by atoms with Gasteiger partial charge in [-0.1, -0.05) is 15.9 Å². The van der Waals surface area contributed by atoms with E-state index >= 15 is 0 Å². The number of hydrogen-bond acceptors (Lipinski definition) is 4. The van der Waals surface area contributed by atoms with Gasteiger partial charge in [0, 0.05) is 23.3 Å². The van der Waals surface area contributed by atoms with Crippen molar-refractivity contribution < 1.29 is 12.8 Å². The van der Waals surface area contributed by atoms with Crippen LogP contribution >= 0.6 is 27.7 Å². The van der Waals surface area contributed by atoms with Crippen molar-refractivity contribution in [3.63, 3.8) is 0 Å². The maximum absolute atomic E-state index is 12.7. The summed E-state index contributed by atoms with van der Waals surface area (Å²) in [5, 5.41) is 0.222. The van der Waals surface area contributed by atoms with E-state index in [9.17, 15) is 8.42 Å². The van der Waals surface area contributed by atoms with Crippen LogP contribution in [-0.2, 0) is 10.0 Å². The van der Waals surface area contributed by atoms with Gasteiger partial charge in [0.05, 0.1) is 16.4 Å². The summed E-state index contributed by atoms with van der Waals surface area (Å²) in [6.45, 7) is 1.04. The van der Waals surface area contributed by atoms with E-state index in [4.69, 9.17) is 4.42 Å². The van der Waals surface area contributed by atoms with Gasteiger partial charge in [0.2, 0.25) is 10.0 Å². The van der Waals surface area contributed by atoms with Crippen LogP contribution in [0.25, 0.3) is 0 Å². The minimum Gasteiger partial charge on any atom is -0.468 e. The van der Waals surface area contributed by atoms with Crippen LogP contribution < -0.4 is 0 Å². The molecule has 7 heteroatoms. The van der Waals surface area contributed by atoms with Gasteiger partial charge in [0.1, 0.15) is 5.76 Å². The Balaban J connectivity index is 1.76. The van der Waals surface area contributed by atoms with E-state index in [0.717, 1.165) is 22.4 Å². The maximum Gasteiger partial charge on any atom is 0.243 e. The molecule has 1 aromatic heterocycles. The molecule has 0 radical (unpaired) electrons. The van der Waals surface area contributed by atoms with E-state index in [0.29, 0.717) is 18.0 Å². The molecule has 0 saturated carbocycles. The van der Waals surface area contributed by atoms with Gasteiger partial charge in [-0.3, -0.25) is 0 Å². The van der Waals surface area contributed by atoms with Crippen molar-refractivity contribution >= 4 is 37.7 Å². The molecule has 2 aromatic rings. The first-order chi connectivity index (χ1) is 10.6. The molecule has 0 bridgehead atoms. The lowest BCUT2D eigenvalue weighted by Crippen LogP contribution is -2.33. The highest BCUT2D eigenvalue weighted by Gasteiger charge is 2.29. The van der Waals surface area contributed by atoms with Crippen LogP contribution in [0.3, 0.4) is 0 Å². The zero-order valence-corrected chi connectivity index (χ0v) is 15.0. The number of thioether (sulfide) groups is 1. The molecule has 2 heterocycles. The van der Waals surface area contributed by atoms with Crippen LogP contribution in [0.15, 0.2) is 56.4 Å². The summed E-state index contributed by atoms with van der Waals surface area (Å²) in [6.07, 6.45) is 2.42. The van der Waals surface area contributed by atoms with E-state index in [2.05, 4.69) is 15.9 Å². The van der Waals surface area contributed by atoms with Gasteiger partial charge in [-0.05, 0) is 42.8 Å². The van der Waals surface area contributed by atoms with Crippen molar-refractivity contribution in [1.82, 2.24) is 4.31 Å². The van der Waals surface area contributed by atoms with Crippen molar-refractivity contribution in [2.45, 2.75) is 16.6 Å². The van der Waals surface area contributed by atoms with Crippen molar-refractivity contribution in [1.29, 1.82) is 0 Å². The zero-order valence-electron chi connectivity index (χ0n) is 11.8. The van der Waals surface area contributed by atoms with Gasteiger partial charge in [-0.15, -0.1) is 11.8 Å². The standard InChI is InChI=1S/C15H16BrNO3S2/c16-12-3-5-13(6-4-12)22(18,19)17-8-7-15(21-11-9-17)14-2-1-10-20-14/h1-6,10,15H,7-9,11H2/t15-/m1/s1. The Morgan fingerprint density at radius 2 is 1.95 bits per heavy atom. The Bertz CT molecular complexity index is 714. The predicted octanol–water partition coefficient (Wildman–Crippen LogP) is 3.91. The molecule has 1 aliphatic heterocycles. The second-order valence-electron chi connectivity index (χ2n) is 5.02. The molecule has 0 unspecified atom stereocenters. The van der Waals surface area contributed by atoms with Crippen LogP contribution in [-0.4, -0.2) is 31.6 Å². The molecule has 0 spiro atoms. The SMILES string of the molecule is O=S(=O)(c1ccc(Br)cc1)N1CCS[C@@H](c2ccco2)CC1. The Labute approximate surface area is 143 Å². The summed E-state index contributed by atoms with van der Waals surface area (Å²) in [7, 11) is -3.43. The zero-order chi connectivity index (χ0) is 15.6. The largest absolute Gasteiger partial charge is 0.468 e. The number of hydrogen-bond donors (Lipinski definition) is 0. The molecule has 1 saturated heterocycles. The quantitative estimate of drug-likeness (QED) is 0.781. The van der Waals surface area contributed by atoms with E-state index in [1.54, 1.807) is 46.6 Å². The molecular weight excluding hydrogens is 386 g/mol. The van der Waals surface area contributed by atoms with Crippen LogP contribution in [0.4, 0.5) is 0 Å². The molecule has 0 aliphatic carbocycles. The summed E-state index contributed by atoms with van der Waals surface area (Å²) in [5.41, 5.74) is 0. The number of halogens is 1. The minimum absolute atomic E-state index is 0.222. The molecule has 0 amide bonds. The highest BCUT2D eigenvalue weighted by Crippen LogP contribution is 2.35. The average molecular weight is 402 g/mol. The van der Waals surface area contributed by atoms with E-state index in [1.165, 1.54) is 0 Å². The fourth-order valence-electron chi connectivity index (χ4n) is 2.45. The lowest BCUT2D eigenvalue weighted by molar-refractivity contribution is 0.417. The number of sulfonamides is 1. The Hall–Kier alpha value is -0.760. The lowest BCUT2D eigenvalue weighted by atomic mass is 10.2. The van der Waals surface area contributed by atoms with E-state index in [-0.39, 0.29) is 5.25 Å². The topological polar surface area (TPSA) is 50.5 Å². The molecule has 1 aromatic carbocycles. The maximum atomic E-state index is 12.7. The van der Waals surface area contributed by atoms with Crippen LogP contribution in [0, 0.1) is 0 Å². The summed E-state index contributed by atoms with van der Waals surface area (Å²) in [4.78, 5) is 0.345. The molecule has 0 N–H and O–H groups in total. The van der Waals surface area contributed by atoms with Crippen LogP contribution in [0.2, 0.25) is 0 Å². The fourth-order valence-corrected chi connectivity index (χ4v) is 5.46. The Kier molecular flexibility index (Phi) is 4.97. The summed E-state index contributed by atoms with van der Waals surface area (Å²) in [6, 6.07) is 10.6. The van der Waals surface area contributed by atoms with Gasteiger partial charge in [0.25, 0.3) is 0 Å². The van der Waals surface area contributed by atoms with Gasteiger partial charge >= 0.3 is 0 Å². The summed E-state index contributed by atoms with van der Waals surface area (Å²) < 4.78 is 33.3. The number of furan rings is 1. The van der Waals surface area contributed by atoms with Gasteiger partial charge in [-0.2, -0.15) is 4.31 Å². The summed E-state index contributed by atoms with van der Waals surface area (Å²) in [5.74, 6) is 1.69. The third kappa shape index (κ3) is 3.42. The van der Waals surface area contributed by atoms with Crippen LogP contribution in [0.1, 0.15) is 17.4 Å². The number of rotatable bonds is 3. The third-order valence-corrected chi connectivity index (χ3v) is 7.34. The molecule has 22 heavy (non-hydrogen) atoms. The first kappa shape index (κ1) is 16.1. The van der Waals surface area contributed by atoms with Gasteiger partial charge < -0.3 is 4.42 Å². The minimum atomic E-state index is -3.43. The molecule has 1 atom stereocenters. The van der Waals surface area contributed by atoms with Crippen molar-refractivity contribution in [2.75, 3.05) is 18.8 Å². The summed E-state index contributed by atoms with van der Waals surface area (Å²) >= 11 is 5.08. The molecular formula is C15H16BrNO3S2. The highest BCUT2D eigenvalue weighted by atomic mass is 79.9. The molecule has 1 fully saturated rings. The monoisotopic (exact) mass is 401 g/mol. The Morgan fingerprint density at radius 1 is 1.18 bits per heavy atom. The van der Waals surface area contributed by atoms with Crippen molar-refractivity contribution in [3.8, 4) is 0 Å². The molecule has 4 nitrogen and oxygen atoms in total. The molecule has 118 valence electrons. The van der Waals surface area contributed by atoms with Gasteiger partial charge in [-0.25, -0.2) is 8.42 Å². The van der Waals surface area contributed by atoms with Crippen LogP contribution in [0.5, 0.6) is 0 Å². The average Bonchev–Trinajstić information content (AvgIpc) is 2.92. The van der Waals surface area contributed by atoms with Gasteiger partial charge in [0.15, 0.2) is 0 Å². The third-order valence-electron chi connectivity index (χ3n) is 3.61. The first-order valence-electron chi connectivity index (χ1n) is 6.98. The van der Waals surface area contributed by atoms with E-state index in [1.807, 2.05) is 12.1 Å². The number of nitrogens with zero attached hydrogens (tertiary/aromatic N) is 1. The van der Waals surface area contributed by atoms with Crippen molar-refractivity contribution in [3.05, 3.63) is 52.9 Å². The molecule has 1 aliphatic rings. The fraction of sp³-hybridized carbons (Fsp3) is 0.333. The smallest absolute Gasteiger partial charge is 0.243 e.